The van der Waals surface area contributed by atoms with E-state index in [1.807, 2.05) is 0 Å². The molecule has 0 heterocycles. The molecule has 3 N–H and O–H groups in total. The molecule has 3 nitrogen and oxygen atoms in total. The van der Waals surface area contributed by atoms with Crippen LogP contribution >= 0.6 is 0 Å². The van der Waals surface area contributed by atoms with Gasteiger partial charge in [0.25, 0.3) is 0 Å². The number of carbonyl (C=O) groups excluding carboxylic acids is 1. The van der Waals surface area contributed by atoms with E-state index in [0.29, 0.717) is 24.4 Å². The quantitative estimate of drug-likeness (QED) is 0.765. The van der Waals surface area contributed by atoms with Gasteiger partial charge in [0.05, 0.1) is 0 Å². The second-order valence-corrected chi connectivity index (χ2v) is 5.70. The van der Waals surface area contributed by atoms with Gasteiger partial charge in [0.1, 0.15) is 0 Å². The lowest BCUT2D eigenvalue weighted by Gasteiger charge is -2.27. The van der Waals surface area contributed by atoms with E-state index in [9.17, 15) is 4.79 Å². The van der Waals surface area contributed by atoms with Crippen LogP contribution in [-0.2, 0) is 4.79 Å². The Balaban J connectivity index is 1.66. The number of carbonyl (C=O) groups is 1. The molecule has 0 bridgehead atoms. The summed E-state index contributed by atoms with van der Waals surface area (Å²) in [5.74, 6) is 1.65. The van der Waals surface area contributed by atoms with Gasteiger partial charge in [-0.1, -0.05) is 6.92 Å². The van der Waals surface area contributed by atoms with E-state index < -0.39 is 0 Å². The number of hydrogen-bond donors (Lipinski definition) is 2. The molecule has 2 aliphatic rings. The van der Waals surface area contributed by atoms with E-state index in [1.54, 1.807) is 0 Å². The third kappa shape index (κ3) is 3.48. The maximum absolute atomic E-state index is 11.8. The van der Waals surface area contributed by atoms with E-state index in [4.69, 9.17) is 5.73 Å². The summed E-state index contributed by atoms with van der Waals surface area (Å²) < 4.78 is 0. The van der Waals surface area contributed by atoms with Crippen LogP contribution in [0.15, 0.2) is 0 Å². The molecule has 16 heavy (non-hydrogen) atoms. The predicted octanol–water partition coefficient (Wildman–Crippen LogP) is 1.81. The molecule has 2 rings (SSSR count). The highest BCUT2D eigenvalue weighted by atomic mass is 16.1. The maximum atomic E-state index is 11.8. The Morgan fingerprint density at radius 1 is 1.25 bits per heavy atom. The van der Waals surface area contributed by atoms with Crippen molar-refractivity contribution in [3.8, 4) is 0 Å². The Morgan fingerprint density at radius 3 is 2.44 bits per heavy atom. The van der Waals surface area contributed by atoms with Crippen molar-refractivity contribution in [1.29, 1.82) is 0 Å². The minimum Gasteiger partial charge on any atom is -0.353 e. The second kappa shape index (κ2) is 5.17. The molecule has 0 aromatic rings. The van der Waals surface area contributed by atoms with Crippen molar-refractivity contribution >= 4 is 5.91 Å². The third-order valence-corrected chi connectivity index (χ3v) is 4.07. The summed E-state index contributed by atoms with van der Waals surface area (Å²) in [6.45, 7) is 2.20. The molecule has 0 aromatic carbocycles. The number of amides is 1. The van der Waals surface area contributed by atoms with Gasteiger partial charge in [0, 0.05) is 18.5 Å². The van der Waals surface area contributed by atoms with E-state index >= 15 is 0 Å². The maximum Gasteiger partial charge on any atom is 0.220 e. The fourth-order valence-corrected chi connectivity index (χ4v) is 2.67. The van der Waals surface area contributed by atoms with Gasteiger partial charge in [-0.05, 0) is 50.4 Å². The lowest BCUT2D eigenvalue weighted by Crippen LogP contribution is -2.40. The molecule has 1 amide bonds. The van der Waals surface area contributed by atoms with Gasteiger partial charge >= 0.3 is 0 Å². The minimum atomic E-state index is 0.250. The van der Waals surface area contributed by atoms with Gasteiger partial charge in [-0.2, -0.15) is 0 Å². The first-order valence-electron chi connectivity index (χ1n) is 6.70. The first kappa shape index (κ1) is 11.9. The Bertz CT molecular complexity index is 242. The van der Waals surface area contributed by atoms with Crippen molar-refractivity contribution in [2.75, 3.05) is 0 Å². The van der Waals surface area contributed by atoms with Crippen molar-refractivity contribution < 1.29 is 4.79 Å². The zero-order valence-electron chi connectivity index (χ0n) is 10.2. The van der Waals surface area contributed by atoms with Crippen LogP contribution in [0.25, 0.3) is 0 Å². The van der Waals surface area contributed by atoms with Crippen molar-refractivity contribution in [3.05, 3.63) is 0 Å². The van der Waals surface area contributed by atoms with Crippen molar-refractivity contribution in [1.82, 2.24) is 5.32 Å². The molecule has 92 valence electrons. The third-order valence-electron chi connectivity index (χ3n) is 4.07. The van der Waals surface area contributed by atoms with E-state index in [2.05, 4.69) is 12.2 Å². The summed E-state index contributed by atoms with van der Waals surface area (Å²) in [6, 6.07) is 0.747. The lowest BCUT2D eigenvalue weighted by atomic mass is 9.91. The SMILES string of the molecule is CC(CC(=O)N[C@H]1CC[C@H](N)CC1)C1CC1. The van der Waals surface area contributed by atoms with Gasteiger partial charge in [-0.15, -0.1) is 0 Å². The average molecular weight is 224 g/mol. The highest BCUT2D eigenvalue weighted by Crippen LogP contribution is 2.38. The number of nitrogens with two attached hydrogens (primary N) is 1. The summed E-state index contributed by atoms with van der Waals surface area (Å²) in [5, 5.41) is 3.16. The topological polar surface area (TPSA) is 55.1 Å². The predicted molar refractivity (Wildman–Crippen MR) is 64.9 cm³/mol. The van der Waals surface area contributed by atoms with Crippen LogP contribution in [0.2, 0.25) is 0 Å². The minimum absolute atomic E-state index is 0.250. The Morgan fingerprint density at radius 2 is 1.88 bits per heavy atom. The standard InChI is InChI=1S/C13H24N2O/c1-9(10-2-3-10)8-13(16)15-12-6-4-11(14)5-7-12/h9-12H,2-8,14H2,1H3,(H,15,16)/t9?,11-,12-. The monoisotopic (exact) mass is 224 g/mol. The van der Waals surface area contributed by atoms with Gasteiger partial charge in [-0.3, -0.25) is 4.79 Å². The zero-order chi connectivity index (χ0) is 11.5. The van der Waals surface area contributed by atoms with Crippen LogP contribution in [0.1, 0.15) is 51.9 Å². The smallest absolute Gasteiger partial charge is 0.220 e. The average Bonchev–Trinajstić information content (AvgIpc) is 3.04. The van der Waals surface area contributed by atoms with Crippen molar-refractivity contribution in [2.45, 2.75) is 64.0 Å². The second-order valence-electron chi connectivity index (χ2n) is 5.70. The molecule has 0 spiro atoms. The molecule has 1 atom stereocenters. The summed E-state index contributed by atoms with van der Waals surface area (Å²) in [5.41, 5.74) is 5.84. The summed E-state index contributed by atoms with van der Waals surface area (Å²) in [4.78, 5) is 11.8. The zero-order valence-corrected chi connectivity index (χ0v) is 10.2. The molecule has 0 saturated heterocycles. The fourth-order valence-electron chi connectivity index (χ4n) is 2.67. The lowest BCUT2D eigenvalue weighted by molar-refractivity contribution is -0.123. The molecule has 0 radical (unpaired) electrons. The summed E-state index contributed by atoms with van der Waals surface area (Å²) >= 11 is 0. The van der Waals surface area contributed by atoms with E-state index in [1.165, 1.54) is 12.8 Å². The summed E-state index contributed by atoms with van der Waals surface area (Å²) in [7, 11) is 0. The van der Waals surface area contributed by atoms with Gasteiger partial charge in [0.2, 0.25) is 5.91 Å². The molecule has 2 fully saturated rings. The molecular formula is C13H24N2O. The Kier molecular flexibility index (Phi) is 3.85. The Labute approximate surface area is 98.2 Å². The van der Waals surface area contributed by atoms with Crippen LogP contribution < -0.4 is 11.1 Å². The highest BCUT2D eigenvalue weighted by Gasteiger charge is 2.29. The van der Waals surface area contributed by atoms with E-state index in [0.717, 1.165) is 31.6 Å². The number of nitrogens with one attached hydrogen (secondary N) is 1. The Hall–Kier alpha value is -0.570. The largest absolute Gasteiger partial charge is 0.353 e. The van der Waals surface area contributed by atoms with Crippen LogP contribution in [0.5, 0.6) is 0 Å². The molecule has 2 saturated carbocycles. The molecular weight excluding hydrogens is 200 g/mol. The number of rotatable bonds is 4. The summed E-state index contributed by atoms with van der Waals surface area (Å²) in [6.07, 6.45) is 7.61. The highest BCUT2D eigenvalue weighted by molar-refractivity contribution is 5.76. The number of hydrogen-bond acceptors (Lipinski definition) is 2. The molecule has 0 aromatic heterocycles. The van der Waals surface area contributed by atoms with Gasteiger partial charge in [0.15, 0.2) is 0 Å². The van der Waals surface area contributed by atoms with Crippen LogP contribution in [0, 0.1) is 11.8 Å². The normalized spacial score (nSPS) is 32.1. The van der Waals surface area contributed by atoms with Crippen LogP contribution in [0.3, 0.4) is 0 Å². The van der Waals surface area contributed by atoms with Crippen molar-refractivity contribution in [2.24, 2.45) is 17.6 Å². The van der Waals surface area contributed by atoms with Crippen LogP contribution in [0.4, 0.5) is 0 Å². The van der Waals surface area contributed by atoms with E-state index in [-0.39, 0.29) is 5.91 Å². The molecule has 0 aliphatic heterocycles. The fraction of sp³-hybridized carbons (Fsp3) is 0.923. The van der Waals surface area contributed by atoms with Crippen molar-refractivity contribution in [3.63, 3.8) is 0 Å². The molecule has 2 aliphatic carbocycles. The molecule has 1 unspecified atom stereocenters. The molecule has 3 heteroatoms. The van der Waals surface area contributed by atoms with Gasteiger partial charge < -0.3 is 11.1 Å². The first-order chi connectivity index (χ1) is 7.65. The first-order valence-corrected chi connectivity index (χ1v) is 6.70. The van der Waals surface area contributed by atoms with Crippen LogP contribution in [-0.4, -0.2) is 18.0 Å². The van der Waals surface area contributed by atoms with Gasteiger partial charge in [-0.25, -0.2) is 0 Å².